The van der Waals surface area contributed by atoms with Crippen molar-refractivity contribution in [2.45, 2.75) is 50.7 Å². The summed E-state index contributed by atoms with van der Waals surface area (Å²) in [6.07, 6.45) is 7.41. The van der Waals surface area contributed by atoms with E-state index in [0.717, 1.165) is 57.7 Å². The molecular formula is C18H28N6O. The molecular weight excluding hydrogens is 316 g/mol. The van der Waals surface area contributed by atoms with Gasteiger partial charge in [0.15, 0.2) is 0 Å². The van der Waals surface area contributed by atoms with E-state index in [1.54, 1.807) is 0 Å². The molecule has 1 aliphatic heterocycles. The quantitative estimate of drug-likeness (QED) is 0.858. The first kappa shape index (κ1) is 17.9. The first-order valence-electron chi connectivity index (χ1n) is 9.16. The van der Waals surface area contributed by atoms with E-state index in [-0.39, 0.29) is 5.91 Å². The monoisotopic (exact) mass is 344 g/mol. The number of amides is 1. The van der Waals surface area contributed by atoms with Gasteiger partial charge in [0.25, 0.3) is 0 Å². The maximum absolute atomic E-state index is 12.4. The molecule has 1 saturated heterocycles. The summed E-state index contributed by atoms with van der Waals surface area (Å²) in [5.74, 6) is 1.04. The molecule has 1 saturated carbocycles. The van der Waals surface area contributed by atoms with E-state index in [9.17, 15) is 10.1 Å². The Morgan fingerprint density at radius 3 is 2.80 bits per heavy atom. The Kier molecular flexibility index (Phi) is 5.40. The van der Waals surface area contributed by atoms with E-state index in [1.165, 1.54) is 0 Å². The molecule has 136 valence electrons. The lowest BCUT2D eigenvalue weighted by Gasteiger charge is -2.39. The van der Waals surface area contributed by atoms with E-state index in [1.807, 2.05) is 19.4 Å². The number of carbonyl (C=O) groups excluding carboxylic acids is 1. The van der Waals surface area contributed by atoms with Crippen LogP contribution >= 0.6 is 0 Å². The van der Waals surface area contributed by atoms with Gasteiger partial charge in [-0.15, -0.1) is 0 Å². The molecule has 1 amide bonds. The number of nitrogens with one attached hydrogen (secondary N) is 1. The lowest BCUT2D eigenvalue weighted by Crippen LogP contribution is -2.55. The minimum Gasteiger partial charge on any atom is -0.337 e. The van der Waals surface area contributed by atoms with Crippen LogP contribution in [-0.4, -0.2) is 63.0 Å². The van der Waals surface area contributed by atoms with Gasteiger partial charge in [-0.2, -0.15) is 5.26 Å². The zero-order valence-electron chi connectivity index (χ0n) is 15.2. The fourth-order valence-electron chi connectivity index (χ4n) is 3.93. The number of hydrogen-bond donors (Lipinski definition) is 1. The molecule has 1 N–H and O–H groups in total. The second-order valence-corrected chi connectivity index (χ2v) is 7.46. The summed E-state index contributed by atoms with van der Waals surface area (Å²) in [5, 5.41) is 12.4. The Balaban J connectivity index is 1.48. The fourth-order valence-corrected chi connectivity index (χ4v) is 3.93. The molecule has 3 rings (SSSR count). The van der Waals surface area contributed by atoms with Gasteiger partial charge in [0.1, 0.15) is 11.4 Å². The number of nitrogens with zero attached hydrogens (tertiary/aromatic N) is 5. The van der Waals surface area contributed by atoms with Crippen LogP contribution in [0.5, 0.6) is 0 Å². The molecule has 2 fully saturated rings. The topological polar surface area (TPSA) is 77.2 Å². The summed E-state index contributed by atoms with van der Waals surface area (Å²) in [7, 11) is 2.02. The van der Waals surface area contributed by atoms with Crippen molar-refractivity contribution in [3.63, 3.8) is 0 Å². The molecule has 1 unspecified atom stereocenters. The number of aryl methyl sites for hydroxylation is 1. The van der Waals surface area contributed by atoms with Crippen molar-refractivity contribution in [3.8, 4) is 6.07 Å². The van der Waals surface area contributed by atoms with Gasteiger partial charge in [-0.05, 0) is 32.6 Å². The first-order chi connectivity index (χ1) is 12.0. The normalized spacial score (nSPS) is 24.1. The molecule has 1 aromatic rings. The van der Waals surface area contributed by atoms with Gasteiger partial charge in [0.05, 0.1) is 19.2 Å². The molecule has 25 heavy (non-hydrogen) atoms. The minimum atomic E-state index is -0.622. The molecule has 2 heterocycles. The second-order valence-electron chi connectivity index (χ2n) is 7.46. The highest BCUT2D eigenvalue weighted by molar-refractivity contribution is 5.79. The SMILES string of the molecule is CC1CN(CC(=O)NC2(C#N)CCCC2)CCN1Cc1nccn1C. The van der Waals surface area contributed by atoms with Gasteiger partial charge in [-0.1, -0.05) is 0 Å². The summed E-state index contributed by atoms with van der Waals surface area (Å²) < 4.78 is 2.05. The van der Waals surface area contributed by atoms with Crippen LogP contribution in [0.25, 0.3) is 0 Å². The van der Waals surface area contributed by atoms with E-state index in [0.29, 0.717) is 12.6 Å². The van der Waals surface area contributed by atoms with Crippen LogP contribution in [0.2, 0.25) is 0 Å². The van der Waals surface area contributed by atoms with Gasteiger partial charge in [0.2, 0.25) is 5.91 Å². The van der Waals surface area contributed by atoms with E-state index in [4.69, 9.17) is 0 Å². The average Bonchev–Trinajstić information content (AvgIpc) is 3.20. The Labute approximate surface area is 149 Å². The van der Waals surface area contributed by atoms with Crippen molar-refractivity contribution < 1.29 is 4.79 Å². The number of aromatic nitrogens is 2. The van der Waals surface area contributed by atoms with Gasteiger partial charge in [0, 0.05) is 45.1 Å². The minimum absolute atomic E-state index is 0.0202. The average molecular weight is 344 g/mol. The van der Waals surface area contributed by atoms with Crippen LogP contribution in [0, 0.1) is 11.3 Å². The molecule has 2 aliphatic rings. The highest BCUT2D eigenvalue weighted by Gasteiger charge is 2.36. The number of nitriles is 1. The van der Waals surface area contributed by atoms with Gasteiger partial charge in [-0.3, -0.25) is 14.6 Å². The third-order valence-corrected chi connectivity index (χ3v) is 5.53. The third-order valence-electron chi connectivity index (χ3n) is 5.53. The zero-order valence-corrected chi connectivity index (χ0v) is 15.2. The van der Waals surface area contributed by atoms with Crippen LogP contribution < -0.4 is 5.32 Å². The van der Waals surface area contributed by atoms with Crippen molar-refractivity contribution in [2.24, 2.45) is 7.05 Å². The molecule has 0 spiro atoms. The lowest BCUT2D eigenvalue weighted by molar-refractivity contribution is -0.124. The van der Waals surface area contributed by atoms with Crippen LogP contribution in [0.15, 0.2) is 12.4 Å². The Morgan fingerprint density at radius 2 is 2.20 bits per heavy atom. The molecule has 0 aromatic carbocycles. The maximum Gasteiger partial charge on any atom is 0.235 e. The van der Waals surface area contributed by atoms with Crippen molar-refractivity contribution in [1.29, 1.82) is 5.26 Å². The number of hydrogen-bond acceptors (Lipinski definition) is 5. The van der Waals surface area contributed by atoms with Gasteiger partial charge in [-0.25, -0.2) is 4.98 Å². The summed E-state index contributed by atoms with van der Waals surface area (Å²) >= 11 is 0. The van der Waals surface area contributed by atoms with Crippen LogP contribution in [0.4, 0.5) is 0 Å². The lowest BCUT2D eigenvalue weighted by atomic mass is 10.00. The molecule has 1 aliphatic carbocycles. The standard InChI is InChI=1S/C18H28N6O/c1-15-11-23(9-10-24(15)12-16-20-7-8-22(16)2)13-17(25)21-18(14-19)5-3-4-6-18/h7-8,15H,3-6,9-13H2,1-2H3,(H,21,25). The van der Waals surface area contributed by atoms with Crippen molar-refractivity contribution in [2.75, 3.05) is 26.2 Å². The Hall–Kier alpha value is -1.91. The molecule has 7 nitrogen and oxygen atoms in total. The summed E-state index contributed by atoms with van der Waals surface area (Å²) in [5.41, 5.74) is -0.622. The van der Waals surface area contributed by atoms with Crippen molar-refractivity contribution in [3.05, 3.63) is 18.2 Å². The molecule has 1 atom stereocenters. The second kappa shape index (κ2) is 7.54. The highest BCUT2D eigenvalue weighted by atomic mass is 16.2. The third kappa shape index (κ3) is 4.20. The molecule has 1 aromatic heterocycles. The van der Waals surface area contributed by atoms with Gasteiger partial charge < -0.3 is 9.88 Å². The van der Waals surface area contributed by atoms with Crippen LogP contribution in [0.1, 0.15) is 38.4 Å². The largest absolute Gasteiger partial charge is 0.337 e. The Morgan fingerprint density at radius 1 is 1.44 bits per heavy atom. The molecule has 7 heteroatoms. The first-order valence-corrected chi connectivity index (χ1v) is 9.16. The van der Waals surface area contributed by atoms with E-state index < -0.39 is 5.54 Å². The van der Waals surface area contributed by atoms with Crippen LogP contribution in [-0.2, 0) is 18.4 Å². The van der Waals surface area contributed by atoms with E-state index >= 15 is 0 Å². The summed E-state index contributed by atoms with van der Waals surface area (Å²) in [6.45, 7) is 6.05. The number of rotatable bonds is 5. The molecule has 0 bridgehead atoms. The summed E-state index contributed by atoms with van der Waals surface area (Å²) in [4.78, 5) is 21.4. The predicted molar refractivity (Wildman–Crippen MR) is 94.5 cm³/mol. The predicted octanol–water partition coefficient (Wildman–Crippen LogP) is 0.879. The maximum atomic E-state index is 12.4. The van der Waals surface area contributed by atoms with Gasteiger partial charge >= 0.3 is 0 Å². The fraction of sp³-hybridized carbons (Fsp3) is 0.722. The zero-order chi connectivity index (χ0) is 17.9. The summed E-state index contributed by atoms with van der Waals surface area (Å²) in [6, 6.07) is 2.69. The Bertz CT molecular complexity index is 642. The van der Waals surface area contributed by atoms with Crippen molar-refractivity contribution in [1.82, 2.24) is 24.7 Å². The van der Waals surface area contributed by atoms with Crippen molar-refractivity contribution >= 4 is 5.91 Å². The number of piperazine rings is 1. The number of carbonyl (C=O) groups is 1. The highest BCUT2D eigenvalue weighted by Crippen LogP contribution is 2.28. The smallest absolute Gasteiger partial charge is 0.235 e. The molecule has 0 radical (unpaired) electrons. The van der Waals surface area contributed by atoms with Crippen LogP contribution in [0.3, 0.4) is 0 Å². The number of imidazole rings is 1. The van der Waals surface area contributed by atoms with E-state index in [2.05, 4.69) is 37.7 Å².